The lowest BCUT2D eigenvalue weighted by molar-refractivity contribution is 0.208. The van der Waals surface area contributed by atoms with Crippen LogP contribution in [-0.4, -0.2) is 48.7 Å². The number of fused-ring (bicyclic) bond motifs is 1. The number of pyridine rings is 1. The fourth-order valence-corrected chi connectivity index (χ4v) is 3.55. The Bertz CT molecular complexity index is 962. The summed E-state index contributed by atoms with van der Waals surface area (Å²) in [6.45, 7) is 5.48. The van der Waals surface area contributed by atoms with Gasteiger partial charge in [0.15, 0.2) is 0 Å². The van der Waals surface area contributed by atoms with Gasteiger partial charge in [0.1, 0.15) is 5.75 Å². The highest BCUT2D eigenvalue weighted by Crippen LogP contribution is 2.29. The first-order chi connectivity index (χ1) is 13.8. The number of amides is 2. The minimum absolute atomic E-state index is 0.0871. The van der Waals surface area contributed by atoms with Gasteiger partial charge in [0.2, 0.25) is 0 Å². The van der Waals surface area contributed by atoms with E-state index in [-0.39, 0.29) is 6.03 Å². The number of anilines is 2. The number of ether oxygens (including phenoxy) is 1. The Kier molecular flexibility index (Phi) is 5.28. The maximum atomic E-state index is 12.8. The van der Waals surface area contributed by atoms with Gasteiger partial charge in [-0.3, -0.25) is 4.98 Å². The van der Waals surface area contributed by atoms with E-state index in [4.69, 9.17) is 4.74 Å². The van der Waals surface area contributed by atoms with Crippen molar-refractivity contribution in [1.29, 1.82) is 0 Å². The fraction of sp³-hybridized carbons (Fsp3) is 0.273. The predicted molar refractivity (Wildman–Crippen MR) is 112 cm³/mol. The van der Waals surface area contributed by atoms with E-state index in [0.29, 0.717) is 19.7 Å². The largest absolute Gasteiger partial charge is 0.492 e. The van der Waals surface area contributed by atoms with Crippen LogP contribution in [0, 0.1) is 0 Å². The van der Waals surface area contributed by atoms with Gasteiger partial charge < -0.3 is 19.9 Å². The number of aromatic nitrogens is 1. The lowest BCUT2D eigenvalue weighted by atomic mass is 10.2. The summed E-state index contributed by atoms with van der Waals surface area (Å²) in [6.07, 6.45) is 1.74. The molecule has 1 saturated heterocycles. The number of hydrogen-bond acceptors (Lipinski definition) is 4. The molecule has 2 aromatic carbocycles. The number of piperazine rings is 1. The molecule has 0 radical (unpaired) electrons. The van der Waals surface area contributed by atoms with Gasteiger partial charge in [0.05, 0.1) is 23.5 Å². The van der Waals surface area contributed by atoms with Crippen LogP contribution >= 0.6 is 0 Å². The number of nitrogens with zero attached hydrogens (tertiary/aromatic N) is 3. The van der Waals surface area contributed by atoms with Crippen LogP contribution in [0.25, 0.3) is 10.9 Å². The SMILES string of the molecule is CCOc1ccccc1N1CCN(C(=O)Nc2cccc3cccnc23)CC1. The minimum Gasteiger partial charge on any atom is -0.492 e. The normalized spacial score (nSPS) is 14.2. The van der Waals surface area contributed by atoms with Crippen molar-refractivity contribution in [3.8, 4) is 5.75 Å². The molecule has 144 valence electrons. The summed E-state index contributed by atoms with van der Waals surface area (Å²) < 4.78 is 5.74. The number of nitrogens with one attached hydrogen (secondary N) is 1. The Morgan fingerprint density at radius 2 is 1.82 bits per heavy atom. The smallest absolute Gasteiger partial charge is 0.322 e. The van der Waals surface area contributed by atoms with E-state index in [9.17, 15) is 4.79 Å². The third kappa shape index (κ3) is 3.71. The van der Waals surface area contributed by atoms with Crippen LogP contribution in [0.4, 0.5) is 16.2 Å². The van der Waals surface area contributed by atoms with Gasteiger partial charge in [0.25, 0.3) is 0 Å². The van der Waals surface area contributed by atoms with Crippen LogP contribution in [0.2, 0.25) is 0 Å². The Balaban J connectivity index is 1.42. The molecule has 1 N–H and O–H groups in total. The van der Waals surface area contributed by atoms with E-state index < -0.39 is 0 Å². The molecular formula is C22H24N4O2. The van der Waals surface area contributed by atoms with Crippen LogP contribution in [-0.2, 0) is 0 Å². The molecule has 28 heavy (non-hydrogen) atoms. The van der Waals surface area contributed by atoms with Crippen molar-refractivity contribution in [3.05, 3.63) is 60.8 Å². The van der Waals surface area contributed by atoms with Gasteiger partial charge in [-0.15, -0.1) is 0 Å². The fourth-order valence-electron chi connectivity index (χ4n) is 3.55. The maximum Gasteiger partial charge on any atom is 0.322 e. The summed E-state index contributed by atoms with van der Waals surface area (Å²) in [7, 11) is 0. The topological polar surface area (TPSA) is 57.7 Å². The van der Waals surface area contributed by atoms with Gasteiger partial charge >= 0.3 is 6.03 Å². The summed E-state index contributed by atoms with van der Waals surface area (Å²) in [5, 5.41) is 4.03. The zero-order valence-electron chi connectivity index (χ0n) is 16.0. The summed E-state index contributed by atoms with van der Waals surface area (Å²) in [5.74, 6) is 0.893. The summed E-state index contributed by atoms with van der Waals surface area (Å²) in [4.78, 5) is 21.3. The Morgan fingerprint density at radius 1 is 1.04 bits per heavy atom. The molecule has 0 atom stereocenters. The molecular weight excluding hydrogens is 352 g/mol. The van der Waals surface area contributed by atoms with E-state index in [2.05, 4.69) is 21.3 Å². The molecule has 1 aromatic heterocycles. The number of urea groups is 1. The lowest BCUT2D eigenvalue weighted by Gasteiger charge is -2.36. The molecule has 0 unspecified atom stereocenters. The van der Waals surface area contributed by atoms with Gasteiger partial charge in [0, 0.05) is 37.8 Å². The first kappa shape index (κ1) is 18.1. The second-order valence-electron chi connectivity index (χ2n) is 6.69. The number of rotatable bonds is 4. The number of para-hydroxylation sites is 3. The van der Waals surface area contributed by atoms with Crippen LogP contribution in [0.3, 0.4) is 0 Å². The lowest BCUT2D eigenvalue weighted by Crippen LogP contribution is -2.50. The second kappa shape index (κ2) is 8.17. The molecule has 0 saturated carbocycles. The molecule has 0 spiro atoms. The van der Waals surface area contributed by atoms with Crippen LogP contribution < -0.4 is 15.0 Å². The average molecular weight is 376 g/mol. The zero-order valence-corrected chi connectivity index (χ0v) is 16.0. The summed E-state index contributed by atoms with van der Waals surface area (Å²) in [5.41, 5.74) is 2.64. The van der Waals surface area contributed by atoms with E-state index in [1.54, 1.807) is 6.20 Å². The summed E-state index contributed by atoms with van der Waals surface area (Å²) in [6, 6.07) is 17.7. The molecule has 6 nitrogen and oxygen atoms in total. The Labute approximate surface area is 164 Å². The minimum atomic E-state index is -0.0871. The summed E-state index contributed by atoms with van der Waals surface area (Å²) >= 11 is 0. The number of hydrogen-bond donors (Lipinski definition) is 1. The average Bonchev–Trinajstić information content (AvgIpc) is 2.75. The Hall–Kier alpha value is -3.28. The molecule has 3 aromatic rings. The third-order valence-corrected chi connectivity index (χ3v) is 4.95. The molecule has 0 aliphatic carbocycles. The highest BCUT2D eigenvalue weighted by atomic mass is 16.5. The molecule has 6 heteroatoms. The highest BCUT2D eigenvalue weighted by Gasteiger charge is 2.23. The molecule has 1 aliphatic rings. The van der Waals surface area contributed by atoms with Gasteiger partial charge in [-0.25, -0.2) is 4.79 Å². The van der Waals surface area contributed by atoms with Crippen molar-refractivity contribution in [2.75, 3.05) is 43.0 Å². The third-order valence-electron chi connectivity index (χ3n) is 4.95. The van der Waals surface area contributed by atoms with Crippen molar-refractivity contribution in [2.45, 2.75) is 6.92 Å². The van der Waals surface area contributed by atoms with Crippen molar-refractivity contribution >= 4 is 28.3 Å². The van der Waals surface area contributed by atoms with Gasteiger partial charge in [-0.05, 0) is 31.2 Å². The molecule has 0 bridgehead atoms. The van der Waals surface area contributed by atoms with E-state index in [0.717, 1.165) is 41.1 Å². The quantitative estimate of drug-likeness (QED) is 0.748. The second-order valence-corrected chi connectivity index (χ2v) is 6.69. The van der Waals surface area contributed by atoms with Crippen LogP contribution in [0.5, 0.6) is 5.75 Å². The van der Waals surface area contributed by atoms with Crippen LogP contribution in [0.15, 0.2) is 60.8 Å². The Morgan fingerprint density at radius 3 is 2.64 bits per heavy atom. The highest BCUT2D eigenvalue weighted by molar-refractivity contribution is 5.99. The standard InChI is InChI=1S/C22H24N4O2/c1-2-28-20-11-4-3-10-19(20)25-13-15-26(16-14-25)22(27)24-18-9-5-7-17-8-6-12-23-21(17)18/h3-12H,2,13-16H2,1H3,(H,24,27). The molecule has 1 aliphatic heterocycles. The first-order valence-electron chi connectivity index (χ1n) is 9.62. The van der Waals surface area contributed by atoms with Crippen molar-refractivity contribution < 1.29 is 9.53 Å². The zero-order chi connectivity index (χ0) is 19.3. The molecule has 1 fully saturated rings. The molecule has 2 amide bonds. The van der Waals surface area contributed by atoms with Crippen molar-refractivity contribution in [3.63, 3.8) is 0 Å². The monoisotopic (exact) mass is 376 g/mol. The van der Waals surface area contributed by atoms with Crippen molar-refractivity contribution in [2.24, 2.45) is 0 Å². The predicted octanol–water partition coefficient (Wildman–Crippen LogP) is 3.99. The van der Waals surface area contributed by atoms with Crippen LogP contribution in [0.1, 0.15) is 6.92 Å². The van der Waals surface area contributed by atoms with Gasteiger partial charge in [-0.2, -0.15) is 0 Å². The molecule has 4 rings (SSSR count). The number of carbonyl (C=O) groups excluding carboxylic acids is 1. The van der Waals surface area contributed by atoms with Gasteiger partial charge in [-0.1, -0.05) is 30.3 Å². The molecule has 2 heterocycles. The first-order valence-corrected chi connectivity index (χ1v) is 9.62. The number of benzene rings is 2. The number of carbonyl (C=O) groups is 1. The van der Waals surface area contributed by atoms with Crippen molar-refractivity contribution in [1.82, 2.24) is 9.88 Å². The van der Waals surface area contributed by atoms with E-state index in [1.165, 1.54) is 0 Å². The maximum absolute atomic E-state index is 12.8. The van der Waals surface area contributed by atoms with E-state index in [1.807, 2.05) is 60.4 Å². The van der Waals surface area contributed by atoms with E-state index >= 15 is 0 Å².